The maximum absolute atomic E-state index is 6.15. The number of halogens is 1. The van der Waals surface area contributed by atoms with E-state index in [4.69, 9.17) is 17.3 Å². The first-order chi connectivity index (χ1) is 7.25. The van der Waals surface area contributed by atoms with Crippen LogP contribution in [0.5, 0.6) is 0 Å². The predicted molar refractivity (Wildman–Crippen MR) is 63.3 cm³/mol. The lowest BCUT2D eigenvalue weighted by molar-refractivity contribution is 0.574. The van der Waals surface area contributed by atoms with Gasteiger partial charge in [-0.15, -0.1) is 0 Å². The van der Waals surface area contributed by atoms with Crippen molar-refractivity contribution >= 4 is 22.5 Å². The Balaban J connectivity index is 2.29. The number of aromatic nitrogens is 1. The van der Waals surface area contributed by atoms with Crippen LogP contribution in [0.15, 0.2) is 18.2 Å². The third-order valence-electron chi connectivity index (χ3n) is 3.21. The van der Waals surface area contributed by atoms with Gasteiger partial charge in [-0.2, -0.15) is 0 Å². The highest BCUT2D eigenvalue weighted by atomic mass is 35.5. The molecule has 1 aliphatic rings. The quantitative estimate of drug-likeness (QED) is 0.704. The maximum Gasteiger partial charge on any atom is 0.0648 e. The van der Waals surface area contributed by atoms with E-state index in [-0.39, 0.29) is 0 Å². The van der Waals surface area contributed by atoms with Crippen molar-refractivity contribution in [3.05, 3.63) is 34.5 Å². The van der Waals surface area contributed by atoms with Crippen molar-refractivity contribution < 1.29 is 0 Å². The SMILES string of the molecule is N[C@@H]1CCc2[nH]c3c(Cl)cccc3c2C1. The van der Waals surface area contributed by atoms with Crippen LogP contribution in [0.25, 0.3) is 10.9 Å². The maximum atomic E-state index is 6.15. The van der Waals surface area contributed by atoms with E-state index in [1.54, 1.807) is 0 Å². The lowest BCUT2D eigenvalue weighted by Gasteiger charge is -2.17. The molecule has 2 nitrogen and oxygen atoms in total. The Kier molecular flexibility index (Phi) is 2.01. The molecule has 0 saturated carbocycles. The molecule has 3 N–H and O–H groups in total. The standard InChI is InChI=1S/C12H13ClN2/c13-10-3-1-2-8-9-6-7(14)4-5-11(9)15-12(8)10/h1-3,7,15H,4-6,14H2/t7-/m1/s1. The van der Waals surface area contributed by atoms with E-state index < -0.39 is 0 Å². The largest absolute Gasteiger partial charge is 0.357 e. The Morgan fingerprint density at radius 3 is 3.13 bits per heavy atom. The van der Waals surface area contributed by atoms with Crippen molar-refractivity contribution in [2.24, 2.45) is 5.73 Å². The summed E-state index contributed by atoms with van der Waals surface area (Å²) in [7, 11) is 0. The van der Waals surface area contributed by atoms with Gasteiger partial charge < -0.3 is 10.7 Å². The molecule has 2 aromatic rings. The molecule has 0 radical (unpaired) electrons. The second-order valence-electron chi connectivity index (χ2n) is 4.25. The van der Waals surface area contributed by atoms with Crippen LogP contribution < -0.4 is 5.73 Å². The molecule has 0 saturated heterocycles. The topological polar surface area (TPSA) is 41.8 Å². The van der Waals surface area contributed by atoms with Crippen LogP contribution in [0, 0.1) is 0 Å². The Morgan fingerprint density at radius 2 is 2.27 bits per heavy atom. The monoisotopic (exact) mass is 220 g/mol. The summed E-state index contributed by atoms with van der Waals surface area (Å²) in [6.45, 7) is 0. The minimum Gasteiger partial charge on any atom is -0.357 e. The number of hydrogen-bond acceptors (Lipinski definition) is 1. The van der Waals surface area contributed by atoms with Crippen LogP contribution in [-0.2, 0) is 12.8 Å². The second kappa shape index (κ2) is 3.26. The lowest BCUT2D eigenvalue weighted by atomic mass is 9.92. The molecular weight excluding hydrogens is 208 g/mol. The summed E-state index contributed by atoms with van der Waals surface area (Å²) in [6, 6.07) is 6.34. The Bertz CT molecular complexity index is 516. The molecule has 3 rings (SSSR count). The molecular formula is C12H13ClN2. The second-order valence-corrected chi connectivity index (χ2v) is 4.65. The number of fused-ring (bicyclic) bond motifs is 3. The number of H-pyrrole nitrogens is 1. The van der Waals surface area contributed by atoms with Gasteiger partial charge in [0.1, 0.15) is 0 Å². The molecule has 78 valence electrons. The number of para-hydroxylation sites is 1. The van der Waals surface area contributed by atoms with Crippen LogP contribution in [0.2, 0.25) is 5.02 Å². The van der Waals surface area contributed by atoms with Crippen molar-refractivity contribution in [2.75, 3.05) is 0 Å². The Hall–Kier alpha value is -0.990. The fourth-order valence-electron chi connectivity index (χ4n) is 2.43. The van der Waals surface area contributed by atoms with Gasteiger partial charge >= 0.3 is 0 Å². The van der Waals surface area contributed by atoms with E-state index in [0.29, 0.717) is 6.04 Å². The number of aryl methyl sites for hydroxylation is 1. The van der Waals surface area contributed by atoms with E-state index in [1.165, 1.54) is 16.6 Å². The van der Waals surface area contributed by atoms with E-state index >= 15 is 0 Å². The average Bonchev–Trinajstić information content (AvgIpc) is 2.58. The normalized spacial score (nSPS) is 20.5. The van der Waals surface area contributed by atoms with E-state index in [2.05, 4.69) is 11.1 Å². The summed E-state index contributed by atoms with van der Waals surface area (Å²) >= 11 is 6.15. The molecule has 1 atom stereocenters. The minimum absolute atomic E-state index is 0.301. The van der Waals surface area contributed by atoms with Crippen molar-refractivity contribution in [1.82, 2.24) is 4.98 Å². The smallest absolute Gasteiger partial charge is 0.0648 e. The van der Waals surface area contributed by atoms with Gasteiger partial charge in [0.2, 0.25) is 0 Å². The van der Waals surface area contributed by atoms with Gasteiger partial charge in [-0.25, -0.2) is 0 Å². The third kappa shape index (κ3) is 1.36. The van der Waals surface area contributed by atoms with Crippen molar-refractivity contribution in [2.45, 2.75) is 25.3 Å². The van der Waals surface area contributed by atoms with Gasteiger partial charge in [-0.1, -0.05) is 23.7 Å². The molecule has 3 heteroatoms. The number of aromatic amines is 1. The number of benzene rings is 1. The highest BCUT2D eigenvalue weighted by Gasteiger charge is 2.20. The molecule has 15 heavy (non-hydrogen) atoms. The van der Waals surface area contributed by atoms with Gasteiger partial charge in [0, 0.05) is 17.1 Å². The first-order valence-electron chi connectivity index (χ1n) is 5.29. The average molecular weight is 221 g/mol. The molecule has 1 aromatic heterocycles. The van der Waals surface area contributed by atoms with Crippen LogP contribution in [0.1, 0.15) is 17.7 Å². The molecule has 0 aliphatic heterocycles. The van der Waals surface area contributed by atoms with E-state index in [0.717, 1.165) is 29.8 Å². The fraction of sp³-hybridized carbons (Fsp3) is 0.333. The minimum atomic E-state index is 0.301. The molecule has 1 heterocycles. The van der Waals surface area contributed by atoms with E-state index in [9.17, 15) is 0 Å². The van der Waals surface area contributed by atoms with Crippen LogP contribution >= 0.6 is 11.6 Å². The van der Waals surface area contributed by atoms with Crippen molar-refractivity contribution in [1.29, 1.82) is 0 Å². The summed E-state index contributed by atoms with van der Waals surface area (Å²) in [5.41, 5.74) is 9.74. The van der Waals surface area contributed by atoms with Crippen molar-refractivity contribution in [3.8, 4) is 0 Å². The first-order valence-corrected chi connectivity index (χ1v) is 5.67. The van der Waals surface area contributed by atoms with Crippen molar-refractivity contribution in [3.63, 3.8) is 0 Å². The number of nitrogens with one attached hydrogen (secondary N) is 1. The van der Waals surface area contributed by atoms with Gasteiger partial charge in [-0.3, -0.25) is 0 Å². The summed E-state index contributed by atoms with van der Waals surface area (Å²) in [5, 5.41) is 2.04. The predicted octanol–water partition coefficient (Wildman–Crippen LogP) is 2.64. The number of rotatable bonds is 0. The summed E-state index contributed by atoms with van der Waals surface area (Å²) in [6.07, 6.45) is 3.08. The van der Waals surface area contributed by atoms with Gasteiger partial charge in [0.15, 0.2) is 0 Å². The van der Waals surface area contributed by atoms with Crippen LogP contribution in [0.3, 0.4) is 0 Å². The highest BCUT2D eigenvalue weighted by molar-refractivity contribution is 6.35. The molecule has 1 aromatic carbocycles. The van der Waals surface area contributed by atoms with E-state index in [1.807, 2.05) is 12.1 Å². The Morgan fingerprint density at radius 1 is 1.40 bits per heavy atom. The van der Waals surface area contributed by atoms with Crippen LogP contribution in [-0.4, -0.2) is 11.0 Å². The number of nitrogens with two attached hydrogens (primary N) is 1. The highest BCUT2D eigenvalue weighted by Crippen LogP contribution is 2.32. The van der Waals surface area contributed by atoms with Gasteiger partial charge in [0.05, 0.1) is 10.5 Å². The first kappa shape index (κ1) is 9.25. The summed E-state index contributed by atoms with van der Waals surface area (Å²) < 4.78 is 0. The third-order valence-corrected chi connectivity index (χ3v) is 3.53. The summed E-state index contributed by atoms with van der Waals surface area (Å²) in [4.78, 5) is 3.42. The molecule has 0 amide bonds. The zero-order chi connectivity index (χ0) is 10.4. The lowest BCUT2D eigenvalue weighted by Crippen LogP contribution is -2.27. The molecule has 0 spiro atoms. The zero-order valence-electron chi connectivity index (χ0n) is 8.39. The Labute approximate surface area is 93.4 Å². The molecule has 1 aliphatic carbocycles. The molecule has 0 bridgehead atoms. The van der Waals surface area contributed by atoms with Gasteiger partial charge in [0.25, 0.3) is 0 Å². The zero-order valence-corrected chi connectivity index (χ0v) is 9.14. The van der Waals surface area contributed by atoms with Crippen LogP contribution in [0.4, 0.5) is 0 Å². The van der Waals surface area contributed by atoms with Gasteiger partial charge in [-0.05, 0) is 30.9 Å². The molecule has 0 unspecified atom stereocenters. The summed E-state index contributed by atoms with van der Waals surface area (Å²) in [5.74, 6) is 0. The fourth-order valence-corrected chi connectivity index (χ4v) is 2.65. The number of hydrogen-bond donors (Lipinski definition) is 2. The molecule has 0 fully saturated rings.